The van der Waals surface area contributed by atoms with E-state index in [9.17, 15) is 0 Å². The molecule has 0 radical (unpaired) electrons. The van der Waals surface area contributed by atoms with Gasteiger partial charge < -0.3 is 19.6 Å². The Bertz CT molecular complexity index is 1690. The monoisotopic (exact) mass is 638 g/mol. The number of nitrogens with zero attached hydrogens (tertiary/aromatic N) is 4. The number of para-hydroxylation sites is 2. The van der Waals surface area contributed by atoms with Crippen LogP contribution in [-0.2, 0) is 25.8 Å². The molecule has 6 aromatic rings. The predicted molar refractivity (Wildman–Crippen MR) is 163 cm³/mol. The van der Waals surface area contributed by atoms with E-state index >= 15 is 0 Å². The van der Waals surface area contributed by atoms with Crippen LogP contribution in [0.1, 0.15) is 25.0 Å². The molecule has 0 bridgehead atoms. The van der Waals surface area contributed by atoms with Gasteiger partial charge in [0.05, 0.1) is 0 Å². The van der Waals surface area contributed by atoms with E-state index in [0.29, 0.717) is 11.6 Å². The third-order valence-corrected chi connectivity index (χ3v) is 6.93. The fourth-order valence-electron chi connectivity index (χ4n) is 4.68. The molecule has 0 spiro atoms. The minimum atomic E-state index is -0.519. The summed E-state index contributed by atoms with van der Waals surface area (Å²) in [5.41, 5.74) is 5.99. The number of ether oxygens (including phenoxy) is 1. The zero-order valence-corrected chi connectivity index (χ0v) is 24.8. The van der Waals surface area contributed by atoms with Crippen LogP contribution >= 0.6 is 0 Å². The summed E-state index contributed by atoms with van der Waals surface area (Å²) in [4.78, 5) is 15.7. The van der Waals surface area contributed by atoms with Crippen molar-refractivity contribution in [3.63, 3.8) is 0 Å². The Labute approximate surface area is 260 Å². The molecule has 0 N–H and O–H groups in total. The van der Waals surface area contributed by atoms with Gasteiger partial charge in [-0.25, -0.2) is 4.98 Å². The first-order valence-corrected chi connectivity index (χ1v) is 13.4. The fraction of sp³-hybridized carbons (Fsp3) is 0.0833. The molecule has 0 amide bonds. The van der Waals surface area contributed by atoms with Crippen molar-refractivity contribution in [3.05, 3.63) is 157 Å². The van der Waals surface area contributed by atoms with Crippen LogP contribution in [0.3, 0.4) is 0 Å². The molecule has 0 atom stereocenters. The van der Waals surface area contributed by atoms with E-state index in [2.05, 4.69) is 76.2 Å². The Balaban J connectivity index is 0.00000353. The zero-order valence-electron chi connectivity index (χ0n) is 23.2. The third kappa shape index (κ3) is 6.31. The van der Waals surface area contributed by atoms with Crippen molar-refractivity contribution in [1.82, 2.24) is 15.0 Å². The summed E-state index contributed by atoms with van der Waals surface area (Å²) in [6, 6.07) is 43.3. The molecular formula is C36H28N4OPd. The summed E-state index contributed by atoms with van der Waals surface area (Å²) < 4.78 is 6.28. The Morgan fingerprint density at radius 2 is 1.29 bits per heavy atom. The van der Waals surface area contributed by atoms with Gasteiger partial charge in [0.15, 0.2) is 0 Å². The number of aromatic nitrogens is 3. The summed E-state index contributed by atoms with van der Waals surface area (Å²) >= 11 is 0. The number of hydrogen-bond donors (Lipinski definition) is 0. The minimum absolute atomic E-state index is 0. The average Bonchev–Trinajstić information content (AvgIpc) is 3.03. The quantitative estimate of drug-likeness (QED) is 0.123. The molecule has 0 aliphatic rings. The number of hydrogen-bond acceptors (Lipinski definition) is 5. The molecule has 42 heavy (non-hydrogen) atoms. The van der Waals surface area contributed by atoms with E-state index < -0.39 is 5.41 Å². The van der Waals surface area contributed by atoms with Gasteiger partial charge >= 0.3 is 20.4 Å². The normalized spacial score (nSPS) is 10.9. The molecule has 0 unspecified atom stereocenters. The van der Waals surface area contributed by atoms with Gasteiger partial charge in [0.2, 0.25) is 5.88 Å². The van der Waals surface area contributed by atoms with E-state index in [0.717, 1.165) is 39.4 Å². The van der Waals surface area contributed by atoms with E-state index in [-0.39, 0.29) is 20.4 Å². The van der Waals surface area contributed by atoms with Gasteiger partial charge in [-0.2, -0.15) is 0 Å². The molecule has 0 aliphatic heterocycles. The first-order chi connectivity index (χ1) is 20.1. The Morgan fingerprint density at radius 3 is 1.90 bits per heavy atom. The smallest absolute Gasteiger partial charge is 0.466 e. The van der Waals surface area contributed by atoms with E-state index in [1.165, 1.54) is 0 Å². The van der Waals surface area contributed by atoms with Crippen LogP contribution in [0.4, 0.5) is 17.1 Å². The number of benzene rings is 3. The standard InChI is InChI=1S/C36H28N4O.Pd/c1-36(2,29-21-27(25-37-26-29)34-17-9-11-19-38-34)28-22-32(24-33(23-28)41-35-18-10-12-20-39-35)40(30-13-5-3-6-14-30)31-15-7-4-8-16-31;/h3-20,22,24-26H,1-2H3;/q-2;+2. The molecule has 6 heteroatoms. The van der Waals surface area contributed by atoms with E-state index in [1.807, 2.05) is 85.1 Å². The Hall–Kier alpha value is -4.63. The fourth-order valence-corrected chi connectivity index (χ4v) is 4.68. The second kappa shape index (κ2) is 12.9. The van der Waals surface area contributed by atoms with E-state index in [1.54, 1.807) is 18.6 Å². The van der Waals surface area contributed by atoms with Gasteiger partial charge in [-0.15, -0.1) is 41.0 Å². The van der Waals surface area contributed by atoms with Gasteiger partial charge in [0.1, 0.15) is 0 Å². The molecule has 0 fully saturated rings. The van der Waals surface area contributed by atoms with Crippen molar-refractivity contribution in [2.45, 2.75) is 19.3 Å². The molecule has 3 aromatic carbocycles. The summed E-state index contributed by atoms with van der Waals surface area (Å²) in [5, 5.41) is 0. The van der Waals surface area contributed by atoms with Crippen molar-refractivity contribution in [2.75, 3.05) is 4.90 Å². The van der Waals surface area contributed by atoms with Crippen molar-refractivity contribution in [3.8, 4) is 22.9 Å². The van der Waals surface area contributed by atoms with Gasteiger partial charge in [-0.1, -0.05) is 86.5 Å². The topological polar surface area (TPSA) is 51.1 Å². The molecule has 0 saturated carbocycles. The largest absolute Gasteiger partial charge is 2.00 e. The van der Waals surface area contributed by atoms with Gasteiger partial charge in [-0.3, -0.25) is 0 Å². The van der Waals surface area contributed by atoms with Gasteiger partial charge in [0.25, 0.3) is 0 Å². The zero-order chi connectivity index (χ0) is 28.1. The maximum absolute atomic E-state index is 6.28. The molecule has 3 heterocycles. The molecule has 0 aliphatic carbocycles. The van der Waals surface area contributed by atoms with Crippen LogP contribution in [0.25, 0.3) is 11.3 Å². The van der Waals surface area contributed by atoms with Crippen LogP contribution in [0.15, 0.2) is 134 Å². The molecule has 6 rings (SSSR count). The van der Waals surface area contributed by atoms with E-state index in [4.69, 9.17) is 4.74 Å². The number of anilines is 3. The summed E-state index contributed by atoms with van der Waals surface area (Å²) in [6.45, 7) is 4.30. The van der Waals surface area contributed by atoms with Crippen molar-refractivity contribution < 1.29 is 25.2 Å². The van der Waals surface area contributed by atoms with Gasteiger partial charge in [-0.05, 0) is 47.5 Å². The van der Waals surface area contributed by atoms with Crippen LogP contribution in [0, 0.1) is 12.1 Å². The SMILES string of the molecule is CC(C)(c1[c-]c(-c2ccccn2)cnc1)c1[c-]c(Oc2ccccn2)cc(N(c2ccccc2)c2ccccc2)c1.[Pd+2]. The first kappa shape index (κ1) is 28.9. The molecule has 5 nitrogen and oxygen atoms in total. The summed E-state index contributed by atoms with van der Waals surface area (Å²) in [6.07, 6.45) is 7.15. The third-order valence-electron chi connectivity index (χ3n) is 6.93. The maximum Gasteiger partial charge on any atom is 2.00 e. The van der Waals surface area contributed by atoms with Crippen LogP contribution in [0.2, 0.25) is 0 Å². The molecule has 3 aromatic heterocycles. The predicted octanol–water partition coefficient (Wildman–Crippen LogP) is 8.72. The van der Waals surface area contributed by atoms with Crippen molar-refractivity contribution in [1.29, 1.82) is 0 Å². The maximum atomic E-state index is 6.28. The average molecular weight is 639 g/mol. The number of pyridine rings is 3. The van der Waals surface area contributed by atoms with Crippen LogP contribution in [0.5, 0.6) is 11.6 Å². The molecule has 208 valence electrons. The van der Waals surface area contributed by atoms with Crippen molar-refractivity contribution >= 4 is 17.1 Å². The summed E-state index contributed by atoms with van der Waals surface area (Å²) in [7, 11) is 0. The van der Waals surface area contributed by atoms with Gasteiger partial charge in [0, 0.05) is 35.6 Å². The molecular weight excluding hydrogens is 611 g/mol. The van der Waals surface area contributed by atoms with Crippen molar-refractivity contribution in [2.24, 2.45) is 0 Å². The number of rotatable bonds is 8. The second-order valence-corrected chi connectivity index (χ2v) is 10.1. The Kier molecular flexibility index (Phi) is 8.88. The molecule has 0 saturated heterocycles. The minimum Gasteiger partial charge on any atom is -0.466 e. The van der Waals surface area contributed by atoms with Crippen LogP contribution < -0.4 is 9.64 Å². The van der Waals surface area contributed by atoms with Crippen LogP contribution in [-0.4, -0.2) is 15.0 Å². The Morgan fingerprint density at radius 1 is 0.643 bits per heavy atom. The second-order valence-electron chi connectivity index (χ2n) is 10.1. The summed E-state index contributed by atoms with van der Waals surface area (Å²) in [5.74, 6) is 1.07. The first-order valence-electron chi connectivity index (χ1n) is 13.4.